The van der Waals surface area contributed by atoms with Crippen molar-refractivity contribution in [1.29, 1.82) is 0 Å². The number of nitrogens with zero attached hydrogens (tertiary/aromatic N) is 1. The first-order valence-corrected chi connectivity index (χ1v) is 9.56. The Morgan fingerprint density at radius 2 is 1.96 bits per heavy atom. The van der Waals surface area contributed by atoms with Crippen molar-refractivity contribution in [2.75, 3.05) is 13.7 Å². The van der Waals surface area contributed by atoms with Crippen molar-refractivity contribution < 1.29 is 19.6 Å². The zero-order chi connectivity index (χ0) is 20.0. The van der Waals surface area contributed by atoms with Gasteiger partial charge in [0.25, 0.3) is 0 Å². The molecule has 6 nitrogen and oxygen atoms in total. The zero-order valence-corrected chi connectivity index (χ0v) is 16.5. The highest BCUT2D eigenvalue weighted by molar-refractivity contribution is 5.89. The van der Waals surface area contributed by atoms with E-state index in [4.69, 9.17) is 4.74 Å². The minimum Gasteiger partial charge on any atom is -0.497 e. The highest BCUT2D eigenvalue weighted by Crippen LogP contribution is 2.70. The van der Waals surface area contributed by atoms with E-state index in [0.717, 1.165) is 18.4 Å². The number of nitro groups is 1. The number of ether oxygens (including phenoxy) is 1. The molecule has 148 valence electrons. The van der Waals surface area contributed by atoms with Gasteiger partial charge in [0.15, 0.2) is 5.78 Å². The average molecular weight is 375 g/mol. The van der Waals surface area contributed by atoms with Crippen molar-refractivity contribution in [1.82, 2.24) is 0 Å². The third-order valence-corrected chi connectivity index (χ3v) is 7.74. The predicted octanol–water partition coefficient (Wildman–Crippen LogP) is 3.59. The summed E-state index contributed by atoms with van der Waals surface area (Å²) in [6.07, 6.45) is 2.27. The minimum absolute atomic E-state index is 0.0256. The Morgan fingerprint density at radius 1 is 1.33 bits per heavy atom. The predicted molar refractivity (Wildman–Crippen MR) is 101 cm³/mol. The summed E-state index contributed by atoms with van der Waals surface area (Å²) in [5, 5.41) is 22.6. The molecule has 0 unspecified atom stereocenters. The summed E-state index contributed by atoms with van der Waals surface area (Å²) in [6, 6.07) is 7.00. The van der Waals surface area contributed by atoms with Gasteiger partial charge >= 0.3 is 0 Å². The van der Waals surface area contributed by atoms with Gasteiger partial charge in [-0.05, 0) is 48.3 Å². The lowest BCUT2D eigenvalue weighted by Crippen LogP contribution is -2.53. The second-order valence-corrected chi connectivity index (χ2v) is 8.97. The second kappa shape index (κ2) is 6.59. The van der Waals surface area contributed by atoms with Crippen molar-refractivity contribution in [3.8, 4) is 5.75 Å². The number of hydrogen-bond acceptors (Lipinski definition) is 5. The van der Waals surface area contributed by atoms with Crippen LogP contribution in [0.25, 0.3) is 0 Å². The van der Waals surface area contributed by atoms with Crippen LogP contribution in [0.1, 0.15) is 57.9 Å². The Balaban J connectivity index is 1.85. The Kier molecular flexibility index (Phi) is 4.83. The van der Waals surface area contributed by atoms with E-state index in [1.807, 2.05) is 6.92 Å². The maximum Gasteiger partial charge on any atom is 0.211 e. The van der Waals surface area contributed by atoms with Crippen LogP contribution < -0.4 is 4.74 Å². The number of ketones is 1. The van der Waals surface area contributed by atoms with E-state index < -0.39 is 21.9 Å². The summed E-state index contributed by atoms with van der Waals surface area (Å²) in [5.41, 5.74) is -1.28. The number of methoxy groups -OCH3 is 1. The third kappa shape index (κ3) is 2.94. The monoisotopic (exact) mass is 375 g/mol. The Hall–Kier alpha value is -1.95. The highest BCUT2D eigenvalue weighted by atomic mass is 16.6. The fourth-order valence-electron chi connectivity index (χ4n) is 5.43. The Labute approximate surface area is 160 Å². The van der Waals surface area contributed by atoms with Gasteiger partial charge in [-0.15, -0.1) is 0 Å². The lowest BCUT2D eigenvalue weighted by Gasteiger charge is -2.44. The first kappa shape index (κ1) is 19.8. The standard InChI is InChI=1S/C21H29NO5/c1-19(2)16-9-10-20(19,3)21(24,12-16)18(23)11-15(13-22(25)26)14-5-7-17(27-4)8-6-14/h5-8,15-16,24H,9-13H2,1-4H3/t15-,16-,20-,21+/m1/s1. The summed E-state index contributed by atoms with van der Waals surface area (Å²) in [5.74, 6) is 0.147. The summed E-state index contributed by atoms with van der Waals surface area (Å²) in [4.78, 5) is 24.0. The lowest BCUT2D eigenvalue weighted by atomic mass is 9.62. The molecule has 2 aliphatic carbocycles. The maximum atomic E-state index is 13.2. The average Bonchev–Trinajstić information content (AvgIpc) is 2.93. The number of benzene rings is 1. The lowest BCUT2D eigenvalue weighted by molar-refractivity contribution is -0.483. The molecule has 0 amide bonds. The topological polar surface area (TPSA) is 89.7 Å². The van der Waals surface area contributed by atoms with Gasteiger partial charge < -0.3 is 9.84 Å². The molecule has 4 atom stereocenters. The van der Waals surface area contributed by atoms with Crippen LogP contribution in [0, 0.1) is 26.9 Å². The first-order chi connectivity index (χ1) is 12.5. The van der Waals surface area contributed by atoms with Gasteiger partial charge in [0.05, 0.1) is 13.0 Å². The molecule has 1 aromatic carbocycles. The molecule has 1 aromatic rings. The van der Waals surface area contributed by atoms with E-state index in [-0.39, 0.29) is 24.2 Å². The van der Waals surface area contributed by atoms with Crippen molar-refractivity contribution in [2.45, 2.75) is 58.0 Å². The molecule has 0 heterocycles. The fraction of sp³-hybridized carbons (Fsp3) is 0.667. The molecule has 1 N–H and O–H groups in total. The van der Waals surface area contributed by atoms with Crippen molar-refractivity contribution in [3.05, 3.63) is 39.9 Å². The number of rotatable bonds is 7. The van der Waals surface area contributed by atoms with E-state index in [1.165, 1.54) is 0 Å². The largest absolute Gasteiger partial charge is 0.497 e. The molecule has 0 spiro atoms. The van der Waals surface area contributed by atoms with Gasteiger partial charge in [-0.2, -0.15) is 0 Å². The van der Waals surface area contributed by atoms with Crippen molar-refractivity contribution in [3.63, 3.8) is 0 Å². The Bertz CT molecular complexity index is 743. The number of hydrogen-bond donors (Lipinski definition) is 1. The summed E-state index contributed by atoms with van der Waals surface area (Å²) >= 11 is 0. The van der Waals surface area contributed by atoms with Crippen LogP contribution in [-0.4, -0.2) is 35.1 Å². The van der Waals surface area contributed by atoms with Gasteiger partial charge in [-0.3, -0.25) is 14.9 Å². The molecule has 2 bridgehead atoms. The maximum absolute atomic E-state index is 13.2. The molecule has 2 saturated carbocycles. The van der Waals surface area contributed by atoms with Crippen LogP contribution in [0.15, 0.2) is 24.3 Å². The number of Topliss-reactive ketones (excluding diaryl/α,β-unsaturated/α-hetero) is 1. The minimum atomic E-state index is -1.40. The number of aliphatic hydroxyl groups is 1. The quantitative estimate of drug-likeness (QED) is 0.581. The molecule has 0 radical (unpaired) electrons. The first-order valence-electron chi connectivity index (χ1n) is 9.56. The van der Waals surface area contributed by atoms with Crippen LogP contribution >= 0.6 is 0 Å². The van der Waals surface area contributed by atoms with E-state index in [0.29, 0.717) is 18.1 Å². The molecule has 2 fully saturated rings. The van der Waals surface area contributed by atoms with E-state index in [9.17, 15) is 20.0 Å². The molecule has 27 heavy (non-hydrogen) atoms. The summed E-state index contributed by atoms with van der Waals surface area (Å²) in [7, 11) is 1.56. The van der Waals surface area contributed by atoms with Crippen LogP contribution in [-0.2, 0) is 4.79 Å². The molecule has 0 aromatic heterocycles. The number of fused-ring (bicyclic) bond motifs is 2. The highest BCUT2D eigenvalue weighted by Gasteiger charge is 2.70. The van der Waals surface area contributed by atoms with Gasteiger partial charge in [0.1, 0.15) is 11.4 Å². The molecule has 3 rings (SSSR count). The van der Waals surface area contributed by atoms with Crippen LogP contribution in [0.4, 0.5) is 0 Å². The van der Waals surface area contributed by atoms with Crippen LogP contribution in [0.5, 0.6) is 5.75 Å². The fourth-order valence-corrected chi connectivity index (χ4v) is 5.43. The smallest absolute Gasteiger partial charge is 0.211 e. The molecule has 2 aliphatic rings. The van der Waals surface area contributed by atoms with E-state index in [2.05, 4.69) is 13.8 Å². The molecule has 0 aliphatic heterocycles. The van der Waals surface area contributed by atoms with Gasteiger partial charge in [0.2, 0.25) is 6.54 Å². The SMILES string of the molecule is COc1ccc([C@H](CC(=O)[C@@]2(O)C[C@H]3CC[C@]2(C)C3(C)C)C[N+](=O)[O-])cc1. The Morgan fingerprint density at radius 3 is 2.41 bits per heavy atom. The van der Waals surface area contributed by atoms with Gasteiger partial charge in [0, 0.05) is 16.8 Å². The zero-order valence-electron chi connectivity index (χ0n) is 16.5. The normalized spacial score (nSPS) is 32.3. The number of carbonyl (C=O) groups excluding carboxylic acids is 1. The van der Waals surface area contributed by atoms with Gasteiger partial charge in [-0.25, -0.2) is 0 Å². The summed E-state index contributed by atoms with van der Waals surface area (Å²) < 4.78 is 5.14. The second-order valence-electron chi connectivity index (χ2n) is 8.97. The van der Waals surface area contributed by atoms with Crippen LogP contribution in [0.2, 0.25) is 0 Å². The third-order valence-electron chi connectivity index (χ3n) is 7.74. The van der Waals surface area contributed by atoms with E-state index in [1.54, 1.807) is 31.4 Å². The molecular formula is C21H29NO5. The molecule has 0 saturated heterocycles. The van der Waals surface area contributed by atoms with Gasteiger partial charge in [-0.1, -0.05) is 32.9 Å². The summed E-state index contributed by atoms with van der Waals surface area (Å²) in [6.45, 7) is 5.94. The number of carbonyl (C=O) groups is 1. The van der Waals surface area contributed by atoms with Crippen molar-refractivity contribution >= 4 is 5.78 Å². The molecule has 6 heteroatoms. The van der Waals surface area contributed by atoms with E-state index >= 15 is 0 Å². The van der Waals surface area contributed by atoms with Crippen molar-refractivity contribution in [2.24, 2.45) is 16.7 Å². The molecular weight excluding hydrogens is 346 g/mol. The van der Waals surface area contributed by atoms with Crippen LogP contribution in [0.3, 0.4) is 0 Å².